The van der Waals surface area contributed by atoms with Gasteiger partial charge in [-0.15, -0.1) is 0 Å². The zero-order valence-electron chi connectivity index (χ0n) is 10.5. The van der Waals surface area contributed by atoms with Gasteiger partial charge in [-0.25, -0.2) is 4.98 Å². The smallest absolute Gasteiger partial charge is 0.213 e. The molecule has 1 aromatic heterocycles. The Labute approximate surface area is 98.2 Å². The average molecular weight is 222 g/mol. The molecule has 0 radical (unpaired) electrons. The van der Waals surface area contributed by atoms with Crippen molar-refractivity contribution in [3.05, 3.63) is 23.9 Å². The lowest BCUT2D eigenvalue weighted by Crippen LogP contribution is -2.27. The fourth-order valence-corrected chi connectivity index (χ4v) is 1.75. The Balaban J connectivity index is 2.60. The highest BCUT2D eigenvalue weighted by Gasteiger charge is 2.07. The molecule has 0 saturated carbocycles. The number of aromatic nitrogens is 1. The molecule has 1 heterocycles. The number of rotatable bonds is 7. The molecule has 1 N–H and O–H groups in total. The van der Waals surface area contributed by atoms with Crippen LogP contribution in [0.2, 0.25) is 0 Å². The van der Waals surface area contributed by atoms with Crippen molar-refractivity contribution in [1.29, 1.82) is 0 Å². The van der Waals surface area contributed by atoms with Crippen molar-refractivity contribution in [2.75, 3.05) is 13.7 Å². The normalized spacial score (nSPS) is 12.4. The summed E-state index contributed by atoms with van der Waals surface area (Å²) in [6.07, 6.45) is 3.33. The van der Waals surface area contributed by atoms with Gasteiger partial charge in [-0.1, -0.05) is 19.4 Å². The first kappa shape index (κ1) is 13.0. The summed E-state index contributed by atoms with van der Waals surface area (Å²) in [6.45, 7) is 4.84. The van der Waals surface area contributed by atoms with Crippen LogP contribution in [0, 0.1) is 0 Å². The van der Waals surface area contributed by atoms with Gasteiger partial charge < -0.3 is 10.1 Å². The fraction of sp³-hybridized carbons (Fsp3) is 0.615. The first-order chi connectivity index (χ1) is 7.80. The third kappa shape index (κ3) is 4.19. The maximum atomic E-state index is 5.39. The highest BCUT2D eigenvalue weighted by molar-refractivity contribution is 5.16. The molecule has 0 aliphatic rings. The summed E-state index contributed by atoms with van der Waals surface area (Å²) in [6, 6.07) is 6.48. The Hall–Kier alpha value is -1.09. The maximum absolute atomic E-state index is 5.39. The van der Waals surface area contributed by atoms with Gasteiger partial charge in [0.15, 0.2) is 0 Å². The highest BCUT2D eigenvalue weighted by atomic mass is 16.5. The van der Waals surface area contributed by atoms with Crippen LogP contribution >= 0.6 is 0 Å². The molecule has 1 unspecified atom stereocenters. The lowest BCUT2D eigenvalue weighted by Gasteiger charge is -2.14. The second-order valence-electron chi connectivity index (χ2n) is 3.88. The zero-order chi connectivity index (χ0) is 11.8. The molecule has 3 nitrogen and oxygen atoms in total. The standard InChI is InChI=1S/C13H22N2O/c1-4-7-11(14-3)10-12-8-6-9-13(15-12)16-5-2/h6,8-9,11,14H,4-5,7,10H2,1-3H3. The van der Waals surface area contributed by atoms with Crippen LogP contribution in [0.15, 0.2) is 18.2 Å². The second-order valence-corrected chi connectivity index (χ2v) is 3.88. The molecule has 0 spiro atoms. The average Bonchev–Trinajstić information content (AvgIpc) is 2.29. The number of pyridine rings is 1. The van der Waals surface area contributed by atoms with Crippen LogP contribution in [0.25, 0.3) is 0 Å². The van der Waals surface area contributed by atoms with Gasteiger partial charge in [0.25, 0.3) is 0 Å². The summed E-state index contributed by atoms with van der Waals surface area (Å²) >= 11 is 0. The molecule has 0 saturated heterocycles. The van der Waals surface area contributed by atoms with Crippen molar-refractivity contribution in [1.82, 2.24) is 10.3 Å². The van der Waals surface area contributed by atoms with Crippen LogP contribution in [0.5, 0.6) is 5.88 Å². The van der Waals surface area contributed by atoms with Crippen LogP contribution in [-0.4, -0.2) is 24.7 Å². The van der Waals surface area contributed by atoms with E-state index < -0.39 is 0 Å². The Morgan fingerprint density at radius 2 is 2.19 bits per heavy atom. The minimum absolute atomic E-state index is 0.509. The van der Waals surface area contributed by atoms with Gasteiger partial charge in [-0.3, -0.25) is 0 Å². The van der Waals surface area contributed by atoms with Crippen molar-refractivity contribution < 1.29 is 4.74 Å². The third-order valence-corrected chi connectivity index (χ3v) is 2.57. The molecule has 0 aromatic carbocycles. The van der Waals surface area contributed by atoms with Crippen molar-refractivity contribution in [3.63, 3.8) is 0 Å². The van der Waals surface area contributed by atoms with E-state index in [-0.39, 0.29) is 0 Å². The minimum atomic E-state index is 0.509. The maximum Gasteiger partial charge on any atom is 0.213 e. The largest absolute Gasteiger partial charge is 0.478 e. The quantitative estimate of drug-likeness (QED) is 0.769. The number of nitrogens with zero attached hydrogens (tertiary/aromatic N) is 1. The lowest BCUT2D eigenvalue weighted by atomic mass is 10.1. The van der Waals surface area contributed by atoms with E-state index in [0.717, 1.165) is 18.0 Å². The third-order valence-electron chi connectivity index (χ3n) is 2.57. The fourth-order valence-electron chi connectivity index (χ4n) is 1.75. The molecular weight excluding hydrogens is 200 g/mol. The topological polar surface area (TPSA) is 34.1 Å². The van der Waals surface area contributed by atoms with E-state index in [4.69, 9.17) is 4.74 Å². The number of nitrogens with one attached hydrogen (secondary N) is 1. The summed E-state index contributed by atoms with van der Waals surface area (Å²) in [4.78, 5) is 4.47. The predicted octanol–water partition coefficient (Wildman–Crippen LogP) is 2.41. The van der Waals surface area contributed by atoms with E-state index in [2.05, 4.69) is 23.3 Å². The summed E-state index contributed by atoms with van der Waals surface area (Å²) in [7, 11) is 2.01. The first-order valence-electron chi connectivity index (χ1n) is 6.06. The number of ether oxygens (including phenoxy) is 1. The Bertz CT molecular complexity index is 302. The van der Waals surface area contributed by atoms with Crippen LogP contribution in [0.3, 0.4) is 0 Å². The number of hydrogen-bond acceptors (Lipinski definition) is 3. The van der Waals surface area contributed by atoms with Crippen LogP contribution in [0.1, 0.15) is 32.4 Å². The Kier molecular flexibility index (Phi) is 5.86. The molecule has 0 amide bonds. The van der Waals surface area contributed by atoms with E-state index in [9.17, 15) is 0 Å². The van der Waals surface area contributed by atoms with Crippen molar-refractivity contribution in [2.24, 2.45) is 0 Å². The first-order valence-corrected chi connectivity index (χ1v) is 6.06. The van der Waals surface area contributed by atoms with Crippen LogP contribution in [-0.2, 0) is 6.42 Å². The van der Waals surface area contributed by atoms with E-state index in [0.29, 0.717) is 12.6 Å². The summed E-state index contributed by atoms with van der Waals surface area (Å²) in [5, 5.41) is 3.32. The van der Waals surface area contributed by atoms with E-state index >= 15 is 0 Å². The van der Waals surface area contributed by atoms with Gasteiger partial charge >= 0.3 is 0 Å². The van der Waals surface area contributed by atoms with E-state index in [1.807, 2.05) is 26.1 Å². The molecular formula is C13H22N2O. The lowest BCUT2D eigenvalue weighted by molar-refractivity contribution is 0.325. The zero-order valence-corrected chi connectivity index (χ0v) is 10.5. The molecule has 90 valence electrons. The van der Waals surface area contributed by atoms with Gasteiger partial charge in [0.2, 0.25) is 5.88 Å². The highest BCUT2D eigenvalue weighted by Crippen LogP contribution is 2.10. The van der Waals surface area contributed by atoms with E-state index in [1.54, 1.807) is 0 Å². The second kappa shape index (κ2) is 7.23. The molecule has 0 bridgehead atoms. The molecule has 0 aliphatic carbocycles. The van der Waals surface area contributed by atoms with Crippen molar-refractivity contribution in [3.8, 4) is 5.88 Å². The van der Waals surface area contributed by atoms with Gasteiger partial charge in [-0.05, 0) is 26.5 Å². The van der Waals surface area contributed by atoms with Crippen molar-refractivity contribution in [2.45, 2.75) is 39.2 Å². The van der Waals surface area contributed by atoms with Crippen LogP contribution < -0.4 is 10.1 Å². The molecule has 3 heteroatoms. The summed E-state index contributed by atoms with van der Waals surface area (Å²) in [5.41, 5.74) is 1.10. The SMILES string of the molecule is CCCC(Cc1cccc(OCC)n1)NC. The van der Waals surface area contributed by atoms with Crippen LogP contribution in [0.4, 0.5) is 0 Å². The van der Waals surface area contributed by atoms with Gasteiger partial charge in [0, 0.05) is 24.2 Å². The summed E-state index contributed by atoms with van der Waals surface area (Å²) in [5.74, 6) is 0.728. The Morgan fingerprint density at radius 3 is 2.81 bits per heavy atom. The van der Waals surface area contributed by atoms with Gasteiger partial charge in [0.05, 0.1) is 6.61 Å². The molecule has 0 fully saturated rings. The number of likely N-dealkylation sites (N-methyl/N-ethyl adjacent to an activating group) is 1. The molecule has 1 atom stereocenters. The summed E-state index contributed by atoms with van der Waals surface area (Å²) < 4.78 is 5.39. The molecule has 0 aliphatic heterocycles. The van der Waals surface area contributed by atoms with E-state index in [1.165, 1.54) is 12.8 Å². The molecule has 16 heavy (non-hydrogen) atoms. The molecule has 1 rings (SSSR count). The monoisotopic (exact) mass is 222 g/mol. The number of hydrogen-bond donors (Lipinski definition) is 1. The van der Waals surface area contributed by atoms with Gasteiger partial charge in [0.1, 0.15) is 0 Å². The van der Waals surface area contributed by atoms with Crippen molar-refractivity contribution >= 4 is 0 Å². The Morgan fingerprint density at radius 1 is 1.38 bits per heavy atom. The van der Waals surface area contributed by atoms with Gasteiger partial charge in [-0.2, -0.15) is 0 Å². The predicted molar refractivity (Wildman–Crippen MR) is 66.9 cm³/mol. The minimum Gasteiger partial charge on any atom is -0.478 e. The molecule has 1 aromatic rings.